The van der Waals surface area contributed by atoms with E-state index in [1.807, 2.05) is 0 Å². The van der Waals surface area contributed by atoms with E-state index in [0.717, 1.165) is 12.5 Å². The van der Waals surface area contributed by atoms with Gasteiger partial charge in [0.25, 0.3) is 0 Å². The van der Waals surface area contributed by atoms with Crippen LogP contribution in [0.5, 0.6) is 0 Å². The first-order valence-corrected chi connectivity index (χ1v) is 6.28. The van der Waals surface area contributed by atoms with Gasteiger partial charge >= 0.3 is 0 Å². The van der Waals surface area contributed by atoms with Crippen LogP contribution in [0.3, 0.4) is 0 Å². The Morgan fingerprint density at radius 2 is 1.64 bits per heavy atom. The Hall–Kier alpha value is -0.0400. The summed E-state index contributed by atoms with van der Waals surface area (Å²) >= 11 is 0. The van der Waals surface area contributed by atoms with Crippen molar-refractivity contribution < 1.29 is 0 Å². The minimum atomic E-state index is 0.580. The number of hydrogen-bond donors (Lipinski definition) is 1. The minimum Gasteiger partial charge on any atom is -0.330 e. The third-order valence-electron chi connectivity index (χ3n) is 4.96. The van der Waals surface area contributed by atoms with E-state index in [9.17, 15) is 0 Å². The summed E-state index contributed by atoms with van der Waals surface area (Å²) in [6, 6.07) is 0. The maximum atomic E-state index is 5.97. The van der Waals surface area contributed by atoms with Crippen molar-refractivity contribution in [2.75, 3.05) is 6.54 Å². The first-order chi connectivity index (χ1) is 6.58. The summed E-state index contributed by atoms with van der Waals surface area (Å²) in [5.41, 5.74) is 7.15. The molecule has 2 aliphatic rings. The first-order valence-electron chi connectivity index (χ1n) is 6.28. The molecule has 0 bridgehead atoms. The zero-order chi connectivity index (χ0) is 10.2. The van der Waals surface area contributed by atoms with Gasteiger partial charge in [0.15, 0.2) is 0 Å². The number of nitrogens with two attached hydrogens (primary N) is 1. The molecule has 1 heteroatoms. The topological polar surface area (TPSA) is 26.0 Å². The highest BCUT2D eigenvalue weighted by Gasteiger charge is 2.44. The predicted molar refractivity (Wildman–Crippen MR) is 61.1 cm³/mol. The average Bonchev–Trinajstić information content (AvgIpc) is 2.06. The molecule has 0 spiro atoms. The monoisotopic (exact) mass is 195 g/mol. The molecule has 0 unspecified atom stereocenters. The van der Waals surface area contributed by atoms with Crippen molar-refractivity contribution in [3.05, 3.63) is 0 Å². The minimum absolute atomic E-state index is 0.580. The van der Waals surface area contributed by atoms with Gasteiger partial charge in [0.2, 0.25) is 0 Å². The van der Waals surface area contributed by atoms with Crippen molar-refractivity contribution in [3.63, 3.8) is 0 Å². The molecule has 2 N–H and O–H groups in total. The Balaban J connectivity index is 1.94. The van der Waals surface area contributed by atoms with E-state index in [4.69, 9.17) is 5.73 Å². The van der Waals surface area contributed by atoms with Crippen LogP contribution in [0.4, 0.5) is 0 Å². The fourth-order valence-corrected chi connectivity index (χ4v) is 3.42. The molecule has 2 rings (SSSR count). The molecule has 0 aromatic carbocycles. The van der Waals surface area contributed by atoms with Crippen LogP contribution in [0.15, 0.2) is 0 Å². The summed E-state index contributed by atoms with van der Waals surface area (Å²) < 4.78 is 0. The van der Waals surface area contributed by atoms with E-state index in [1.165, 1.54) is 44.9 Å². The molecule has 14 heavy (non-hydrogen) atoms. The Morgan fingerprint density at radius 3 is 2.00 bits per heavy atom. The number of rotatable bonds is 2. The molecule has 0 aromatic heterocycles. The zero-order valence-corrected chi connectivity index (χ0v) is 9.81. The quantitative estimate of drug-likeness (QED) is 0.718. The summed E-state index contributed by atoms with van der Waals surface area (Å²) in [6.45, 7) is 5.77. The van der Waals surface area contributed by atoms with Gasteiger partial charge in [0.05, 0.1) is 0 Å². The third kappa shape index (κ3) is 1.71. The van der Waals surface area contributed by atoms with Gasteiger partial charge in [-0.25, -0.2) is 0 Å². The van der Waals surface area contributed by atoms with Crippen LogP contribution in [0.2, 0.25) is 0 Å². The lowest BCUT2D eigenvalue weighted by Gasteiger charge is -2.51. The molecule has 0 heterocycles. The molecule has 2 aliphatic carbocycles. The molecule has 0 aromatic rings. The van der Waals surface area contributed by atoms with Gasteiger partial charge in [-0.2, -0.15) is 0 Å². The maximum Gasteiger partial charge on any atom is -0.00179 e. The normalized spacial score (nSPS) is 31.1. The van der Waals surface area contributed by atoms with Crippen LogP contribution in [0.25, 0.3) is 0 Å². The molecule has 1 nitrogen and oxygen atoms in total. The van der Waals surface area contributed by atoms with Crippen LogP contribution in [-0.4, -0.2) is 6.54 Å². The van der Waals surface area contributed by atoms with Gasteiger partial charge in [0.1, 0.15) is 0 Å². The first kappa shape index (κ1) is 10.5. The van der Waals surface area contributed by atoms with Gasteiger partial charge in [-0.1, -0.05) is 20.3 Å². The second-order valence-electron chi connectivity index (χ2n) is 6.36. The third-order valence-corrected chi connectivity index (χ3v) is 4.96. The van der Waals surface area contributed by atoms with E-state index in [1.54, 1.807) is 0 Å². The average molecular weight is 195 g/mol. The second kappa shape index (κ2) is 3.52. The summed E-state index contributed by atoms with van der Waals surface area (Å²) in [4.78, 5) is 0. The molecule has 0 radical (unpaired) electrons. The van der Waals surface area contributed by atoms with E-state index in [2.05, 4.69) is 13.8 Å². The molecular weight excluding hydrogens is 170 g/mol. The summed E-state index contributed by atoms with van der Waals surface area (Å²) in [5, 5.41) is 0. The van der Waals surface area contributed by atoms with Crippen molar-refractivity contribution in [3.8, 4) is 0 Å². The molecule has 0 amide bonds. The lowest BCUT2D eigenvalue weighted by molar-refractivity contribution is 0.0121. The Kier molecular flexibility index (Phi) is 2.63. The van der Waals surface area contributed by atoms with Crippen LogP contribution in [0, 0.1) is 16.7 Å². The van der Waals surface area contributed by atoms with Crippen molar-refractivity contribution >= 4 is 0 Å². The van der Waals surface area contributed by atoms with E-state index in [-0.39, 0.29) is 0 Å². The number of hydrogen-bond acceptors (Lipinski definition) is 1. The van der Waals surface area contributed by atoms with E-state index in [0.29, 0.717) is 10.8 Å². The fraction of sp³-hybridized carbons (Fsp3) is 1.00. The highest BCUT2D eigenvalue weighted by Crippen LogP contribution is 2.53. The summed E-state index contributed by atoms with van der Waals surface area (Å²) in [6.07, 6.45) is 9.95. The van der Waals surface area contributed by atoms with E-state index >= 15 is 0 Å². The molecule has 82 valence electrons. The fourth-order valence-electron chi connectivity index (χ4n) is 3.42. The molecule has 2 saturated carbocycles. The van der Waals surface area contributed by atoms with Crippen molar-refractivity contribution in [1.82, 2.24) is 0 Å². The summed E-state index contributed by atoms with van der Waals surface area (Å²) in [5.74, 6) is 0.953. The Morgan fingerprint density at radius 1 is 1.07 bits per heavy atom. The molecule has 0 saturated heterocycles. The van der Waals surface area contributed by atoms with Crippen molar-refractivity contribution in [2.24, 2.45) is 22.5 Å². The maximum absolute atomic E-state index is 5.97. The molecule has 0 atom stereocenters. The standard InChI is InChI=1S/C13H25N/c1-12(2)8-4-11(5-9-12)13(10-14)6-3-7-13/h11H,3-10,14H2,1-2H3. The molecule has 0 aliphatic heterocycles. The van der Waals surface area contributed by atoms with Crippen LogP contribution in [0.1, 0.15) is 58.8 Å². The zero-order valence-electron chi connectivity index (χ0n) is 9.81. The Labute approximate surface area is 88.4 Å². The Bertz CT molecular complexity index is 188. The van der Waals surface area contributed by atoms with Gasteiger partial charge in [-0.05, 0) is 61.8 Å². The van der Waals surface area contributed by atoms with Crippen LogP contribution < -0.4 is 5.73 Å². The largest absolute Gasteiger partial charge is 0.330 e. The van der Waals surface area contributed by atoms with Crippen molar-refractivity contribution in [2.45, 2.75) is 58.8 Å². The van der Waals surface area contributed by atoms with E-state index < -0.39 is 0 Å². The van der Waals surface area contributed by atoms with Gasteiger partial charge < -0.3 is 5.73 Å². The van der Waals surface area contributed by atoms with Gasteiger partial charge in [0, 0.05) is 0 Å². The van der Waals surface area contributed by atoms with Crippen molar-refractivity contribution in [1.29, 1.82) is 0 Å². The SMILES string of the molecule is CC1(C)CCC(C2(CN)CCC2)CC1. The predicted octanol–water partition coefficient (Wildman–Crippen LogP) is 3.33. The molecule has 2 fully saturated rings. The smallest absolute Gasteiger partial charge is 0.00179 e. The van der Waals surface area contributed by atoms with Gasteiger partial charge in [-0.3, -0.25) is 0 Å². The highest BCUT2D eigenvalue weighted by atomic mass is 14.6. The van der Waals surface area contributed by atoms with Crippen LogP contribution in [-0.2, 0) is 0 Å². The van der Waals surface area contributed by atoms with Gasteiger partial charge in [-0.15, -0.1) is 0 Å². The lowest BCUT2D eigenvalue weighted by atomic mass is 9.55. The highest BCUT2D eigenvalue weighted by molar-refractivity contribution is 4.96. The second-order valence-corrected chi connectivity index (χ2v) is 6.36. The molecular formula is C13H25N. The lowest BCUT2D eigenvalue weighted by Crippen LogP contribution is -2.45. The van der Waals surface area contributed by atoms with Crippen LogP contribution >= 0.6 is 0 Å². The summed E-state index contributed by atoms with van der Waals surface area (Å²) in [7, 11) is 0.